The number of methoxy groups -OCH3 is 1. The van der Waals surface area contributed by atoms with E-state index < -0.39 is 0 Å². The molecule has 2 aliphatic heterocycles. The molecule has 2 atom stereocenters. The summed E-state index contributed by atoms with van der Waals surface area (Å²) in [6.45, 7) is 8.06. The van der Waals surface area contributed by atoms with Crippen molar-refractivity contribution in [2.24, 2.45) is 5.92 Å². The molecule has 0 radical (unpaired) electrons. The molecule has 180 valence electrons. The van der Waals surface area contributed by atoms with Crippen LogP contribution in [-0.4, -0.2) is 70.8 Å². The van der Waals surface area contributed by atoms with Crippen molar-refractivity contribution in [3.05, 3.63) is 54.4 Å². The van der Waals surface area contributed by atoms with Crippen LogP contribution in [0.25, 0.3) is 16.7 Å². The van der Waals surface area contributed by atoms with Crippen molar-refractivity contribution in [3.8, 4) is 11.4 Å². The number of carbonyl (C=O) groups excluding carboxylic acids is 1. The number of para-hydroxylation sites is 2. The number of rotatable bonds is 5. The first-order valence-electron chi connectivity index (χ1n) is 12.3. The number of amides is 1. The molecule has 7 heteroatoms. The van der Waals surface area contributed by atoms with Crippen molar-refractivity contribution >= 4 is 16.9 Å². The van der Waals surface area contributed by atoms with Crippen molar-refractivity contribution in [3.63, 3.8) is 0 Å². The number of ether oxygens (including phenoxy) is 2. The number of morpholine rings is 1. The highest BCUT2D eigenvalue weighted by atomic mass is 16.5. The lowest BCUT2D eigenvalue weighted by Crippen LogP contribution is -2.51. The molecule has 0 spiro atoms. The first-order chi connectivity index (χ1) is 16.5. The van der Waals surface area contributed by atoms with Gasteiger partial charge in [0.05, 0.1) is 36.9 Å². The number of fused-ring (bicyclic) bond motifs is 1. The van der Waals surface area contributed by atoms with Gasteiger partial charge in [-0.05, 0) is 76.2 Å². The third kappa shape index (κ3) is 4.68. The molecule has 0 N–H and O–H groups in total. The summed E-state index contributed by atoms with van der Waals surface area (Å²) in [4.78, 5) is 22.6. The smallest absolute Gasteiger partial charge is 0.225 e. The van der Waals surface area contributed by atoms with Gasteiger partial charge in [-0.15, -0.1) is 0 Å². The molecule has 7 nitrogen and oxygen atoms in total. The van der Waals surface area contributed by atoms with Crippen LogP contribution in [0, 0.1) is 5.92 Å². The Hall–Kier alpha value is -2.90. The number of carbonyl (C=O) groups is 1. The van der Waals surface area contributed by atoms with Gasteiger partial charge in [-0.2, -0.15) is 0 Å². The van der Waals surface area contributed by atoms with Gasteiger partial charge in [-0.25, -0.2) is 4.98 Å². The molecule has 0 aliphatic carbocycles. The van der Waals surface area contributed by atoms with Crippen molar-refractivity contribution in [2.45, 2.75) is 45.4 Å². The lowest BCUT2D eigenvalue weighted by atomic mass is 9.94. The Labute approximate surface area is 201 Å². The highest BCUT2D eigenvalue weighted by Crippen LogP contribution is 2.27. The predicted molar refractivity (Wildman–Crippen MR) is 132 cm³/mol. The Morgan fingerprint density at radius 1 is 1.03 bits per heavy atom. The van der Waals surface area contributed by atoms with E-state index in [1.54, 1.807) is 7.11 Å². The van der Waals surface area contributed by atoms with E-state index in [-0.39, 0.29) is 18.1 Å². The molecule has 2 unspecified atom stereocenters. The molecule has 2 saturated heterocycles. The molecule has 0 saturated carbocycles. The molecular formula is C27H34N4O3. The van der Waals surface area contributed by atoms with Gasteiger partial charge in [0.15, 0.2) is 0 Å². The van der Waals surface area contributed by atoms with E-state index >= 15 is 0 Å². The van der Waals surface area contributed by atoms with Gasteiger partial charge in [0, 0.05) is 24.7 Å². The minimum absolute atomic E-state index is 0.106. The van der Waals surface area contributed by atoms with E-state index in [9.17, 15) is 4.79 Å². The SMILES string of the molecule is COc1ccc(-n2c(CN3CCC(C(=O)N4CC(C)OC(C)C4)CC3)nc3ccccc32)cc1. The predicted octanol–water partition coefficient (Wildman–Crippen LogP) is 3.88. The Morgan fingerprint density at radius 2 is 1.71 bits per heavy atom. The molecular weight excluding hydrogens is 428 g/mol. The maximum Gasteiger partial charge on any atom is 0.225 e. The molecule has 2 aliphatic rings. The molecule has 1 amide bonds. The molecule has 2 fully saturated rings. The first kappa shape index (κ1) is 22.9. The summed E-state index contributed by atoms with van der Waals surface area (Å²) in [5.41, 5.74) is 3.17. The van der Waals surface area contributed by atoms with Gasteiger partial charge >= 0.3 is 0 Å². The zero-order chi connectivity index (χ0) is 23.7. The standard InChI is InChI=1S/C27H34N4O3/c1-19-16-30(17-20(2)34-19)27(32)21-12-14-29(15-13-21)18-26-28-24-6-4-5-7-25(24)31(26)22-8-10-23(33-3)11-9-22/h4-11,19-21H,12-18H2,1-3H3. The van der Waals surface area contributed by atoms with Crippen LogP contribution in [0.2, 0.25) is 0 Å². The summed E-state index contributed by atoms with van der Waals surface area (Å²) in [5, 5.41) is 0. The monoisotopic (exact) mass is 462 g/mol. The number of piperidine rings is 1. The van der Waals surface area contributed by atoms with Gasteiger partial charge in [-0.1, -0.05) is 12.1 Å². The second-order valence-electron chi connectivity index (χ2n) is 9.60. The summed E-state index contributed by atoms with van der Waals surface area (Å²) in [7, 11) is 1.68. The van der Waals surface area contributed by atoms with E-state index in [1.807, 2.05) is 36.9 Å². The average molecular weight is 463 g/mol. The van der Waals surface area contributed by atoms with Crippen LogP contribution < -0.4 is 4.74 Å². The van der Waals surface area contributed by atoms with Crippen LogP contribution >= 0.6 is 0 Å². The molecule has 5 rings (SSSR count). The molecule has 2 aromatic carbocycles. The highest BCUT2D eigenvalue weighted by molar-refractivity contribution is 5.79. The summed E-state index contributed by atoms with van der Waals surface area (Å²) in [6.07, 6.45) is 2.00. The minimum atomic E-state index is 0.106. The first-order valence-corrected chi connectivity index (χ1v) is 12.3. The van der Waals surface area contributed by atoms with Crippen molar-refractivity contribution < 1.29 is 14.3 Å². The number of aromatic nitrogens is 2. The van der Waals surface area contributed by atoms with Crippen LogP contribution in [0.5, 0.6) is 5.75 Å². The fourth-order valence-electron chi connectivity index (χ4n) is 5.36. The van der Waals surface area contributed by atoms with Gasteiger partial charge in [0.2, 0.25) is 5.91 Å². The van der Waals surface area contributed by atoms with E-state index in [2.05, 4.69) is 39.8 Å². The van der Waals surface area contributed by atoms with Gasteiger partial charge in [0.1, 0.15) is 11.6 Å². The number of hydrogen-bond acceptors (Lipinski definition) is 5. The Kier molecular flexibility index (Phi) is 6.57. The Balaban J connectivity index is 1.29. The fourth-order valence-corrected chi connectivity index (χ4v) is 5.36. The molecule has 3 heterocycles. The Morgan fingerprint density at radius 3 is 2.38 bits per heavy atom. The summed E-state index contributed by atoms with van der Waals surface area (Å²) >= 11 is 0. The fraction of sp³-hybridized carbons (Fsp3) is 0.481. The maximum absolute atomic E-state index is 13.1. The highest BCUT2D eigenvalue weighted by Gasteiger charge is 2.33. The van der Waals surface area contributed by atoms with Crippen molar-refractivity contribution in [1.29, 1.82) is 0 Å². The topological polar surface area (TPSA) is 59.8 Å². The van der Waals surface area contributed by atoms with E-state index in [1.165, 1.54) is 0 Å². The quantitative estimate of drug-likeness (QED) is 0.576. The van der Waals surface area contributed by atoms with Gasteiger partial charge in [-0.3, -0.25) is 14.3 Å². The van der Waals surface area contributed by atoms with E-state index in [0.717, 1.165) is 60.8 Å². The molecule has 1 aromatic heterocycles. The largest absolute Gasteiger partial charge is 0.497 e. The number of hydrogen-bond donors (Lipinski definition) is 0. The van der Waals surface area contributed by atoms with Crippen LogP contribution in [0.3, 0.4) is 0 Å². The minimum Gasteiger partial charge on any atom is -0.497 e. The van der Waals surface area contributed by atoms with Gasteiger partial charge in [0.25, 0.3) is 0 Å². The number of nitrogens with zero attached hydrogens (tertiary/aromatic N) is 4. The average Bonchev–Trinajstić information content (AvgIpc) is 3.21. The second-order valence-corrected chi connectivity index (χ2v) is 9.60. The number of imidazole rings is 1. The van der Waals surface area contributed by atoms with Crippen molar-refractivity contribution in [2.75, 3.05) is 33.3 Å². The summed E-state index contributed by atoms with van der Waals surface area (Å²) in [5.74, 6) is 2.26. The molecule has 34 heavy (non-hydrogen) atoms. The Bertz CT molecular complexity index is 1120. The van der Waals surface area contributed by atoms with E-state index in [4.69, 9.17) is 14.5 Å². The summed E-state index contributed by atoms with van der Waals surface area (Å²) in [6, 6.07) is 16.4. The van der Waals surface area contributed by atoms with Crippen LogP contribution in [-0.2, 0) is 16.1 Å². The van der Waals surface area contributed by atoms with Crippen LogP contribution in [0.1, 0.15) is 32.5 Å². The third-order valence-electron chi connectivity index (χ3n) is 6.99. The van der Waals surface area contributed by atoms with Crippen molar-refractivity contribution in [1.82, 2.24) is 19.4 Å². The molecule has 3 aromatic rings. The van der Waals surface area contributed by atoms with Crippen LogP contribution in [0.15, 0.2) is 48.5 Å². The lowest BCUT2D eigenvalue weighted by Gasteiger charge is -2.39. The normalized spacial score (nSPS) is 22.3. The second kappa shape index (κ2) is 9.76. The number of benzene rings is 2. The van der Waals surface area contributed by atoms with Crippen LogP contribution in [0.4, 0.5) is 0 Å². The number of likely N-dealkylation sites (tertiary alicyclic amines) is 1. The van der Waals surface area contributed by atoms with E-state index in [0.29, 0.717) is 19.0 Å². The lowest BCUT2D eigenvalue weighted by molar-refractivity contribution is -0.148. The zero-order valence-corrected chi connectivity index (χ0v) is 20.3. The summed E-state index contributed by atoms with van der Waals surface area (Å²) < 4.78 is 13.4. The molecule has 0 bridgehead atoms. The third-order valence-corrected chi connectivity index (χ3v) is 6.99. The van der Waals surface area contributed by atoms with Gasteiger partial charge < -0.3 is 14.4 Å². The zero-order valence-electron chi connectivity index (χ0n) is 20.3. The maximum atomic E-state index is 13.1.